The van der Waals surface area contributed by atoms with Gasteiger partial charge in [0.15, 0.2) is 6.17 Å². The van der Waals surface area contributed by atoms with Gasteiger partial charge in [0.05, 0.1) is 29.9 Å². The molecule has 1 aromatic carbocycles. The molecule has 0 saturated heterocycles. The van der Waals surface area contributed by atoms with Crippen molar-refractivity contribution in [1.82, 2.24) is 5.32 Å². The summed E-state index contributed by atoms with van der Waals surface area (Å²) in [7, 11) is 1.16. The van der Waals surface area contributed by atoms with E-state index in [1.807, 2.05) is 0 Å². The van der Waals surface area contributed by atoms with Crippen LogP contribution in [0.4, 0.5) is 13.2 Å². The van der Waals surface area contributed by atoms with E-state index in [1.165, 1.54) is 12.1 Å². The van der Waals surface area contributed by atoms with Crippen molar-refractivity contribution in [1.29, 1.82) is 0 Å². The van der Waals surface area contributed by atoms with E-state index in [1.54, 1.807) is 6.92 Å². The number of carbonyl (C=O) groups is 2. The first kappa shape index (κ1) is 18.0. The van der Waals surface area contributed by atoms with Gasteiger partial charge in [-0.05, 0) is 18.6 Å². The first-order chi connectivity index (χ1) is 12.4. The van der Waals surface area contributed by atoms with E-state index >= 15 is 0 Å². The van der Waals surface area contributed by atoms with Gasteiger partial charge in [0, 0.05) is 11.3 Å². The fourth-order valence-electron chi connectivity index (χ4n) is 3.37. The standard InChI is InChI=1S/C18H16F3NO4/c1-8-13(17(23)25-2)15(16-12(22-8)7-26-18(16)24)9-4-3-5-10(20)14(9)11(21)6-19/h3-5,11,15,22H,6-7H2,1-2H3/t11-,15+/m0/s1. The van der Waals surface area contributed by atoms with Gasteiger partial charge in [0.25, 0.3) is 0 Å². The van der Waals surface area contributed by atoms with Gasteiger partial charge in [-0.15, -0.1) is 0 Å². The molecule has 2 aliphatic heterocycles. The Morgan fingerprint density at radius 1 is 1.46 bits per heavy atom. The minimum atomic E-state index is -2.23. The van der Waals surface area contributed by atoms with Crippen LogP contribution in [0.5, 0.6) is 0 Å². The Bertz CT molecular complexity index is 847. The van der Waals surface area contributed by atoms with Crippen LogP contribution in [0.2, 0.25) is 0 Å². The topological polar surface area (TPSA) is 64.6 Å². The van der Waals surface area contributed by atoms with Crippen molar-refractivity contribution in [3.63, 3.8) is 0 Å². The Morgan fingerprint density at radius 3 is 2.85 bits per heavy atom. The van der Waals surface area contributed by atoms with Crippen molar-refractivity contribution < 1.29 is 32.2 Å². The highest BCUT2D eigenvalue weighted by Gasteiger charge is 2.43. The van der Waals surface area contributed by atoms with E-state index in [0.29, 0.717) is 11.4 Å². The average molecular weight is 367 g/mol. The van der Waals surface area contributed by atoms with Crippen LogP contribution in [-0.2, 0) is 19.1 Å². The van der Waals surface area contributed by atoms with E-state index in [-0.39, 0.29) is 23.3 Å². The van der Waals surface area contributed by atoms with Crippen LogP contribution in [0.1, 0.15) is 30.1 Å². The molecule has 0 unspecified atom stereocenters. The third kappa shape index (κ3) is 2.75. The van der Waals surface area contributed by atoms with Gasteiger partial charge in [-0.25, -0.2) is 22.8 Å². The van der Waals surface area contributed by atoms with E-state index in [4.69, 9.17) is 9.47 Å². The SMILES string of the molecule is COC(=O)C1=C(C)NC2=C(C(=O)OC2)[C@@H]1c1cccc(F)c1[C@@H](F)CF. The molecule has 0 radical (unpaired) electrons. The van der Waals surface area contributed by atoms with Gasteiger partial charge in [-0.3, -0.25) is 0 Å². The summed E-state index contributed by atoms with van der Waals surface area (Å²) in [5.74, 6) is -3.56. The Balaban J connectivity index is 2.28. The average Bonchev–Trinajstić information content (AvgIpc) is 2.99. The molecule has 1 N–H and O–H groups in total. The monoisotopic (exact) mass is 367 g/mol. The molecule has 5 nitrogen and oxygen atoms in total. The number of ether oxygens (including phenoxy) is 2. The molecule has 0 amide bonds. The molecule has 0 aromatic heterocycles. The number of carbonyl (C=O) groups excluding carboxylic acids is 2. The lowest BCUT2D eigenvalue weighted by atomic mass is 9.78. The molecule has 2 atom stereocenters. The summed E-state index contributed by atoms with van der Waals surface area (Å²) in [4.78, 5) is 24.6. The number of allylic oxidation sites excluding steroid dienone is 1. The van der Waals surface area contributed by atoms with Gasteiger partial charge < -0.3 is 14.8 Å². The number of halogens is 3. The third-order valence-corrected chi connectivity index (χ3v) is 4.46. The summed E-state index contributed by atoms with van der Waals surface area (Å²) in [6.45, 7) is 0.0850. The summed E-state index contributed by atoms with van der Waals surface area (Å²) in [6.07, 6.45) is -2.23. The first-order valence-corrected chi connectivity index (χ1v) is 7.85. The molecule has 8 heteroatoms. The van der Waals surface area contributed by atoms with Gasteiger partial charge >= 0.3 is 11.9 Å². The fourth-order valence-corrected chi connectivity index (χ4v) is 3.37. The van der Waals surface area contributed by atoms with E-state index in [2.05, 4.69) is 5.32 Å². The summed E-state index contributed by atoms with van der Waals surface area (Å²) < 4.78 is 51.3. The summed E-state index contributed by atoms with van der Waals surface area (Å²) >= 11 is 0. The predicted molar refractivity (Wildman–Crippen MR) is 84.8 cm³/mol. The Labute approximate surface area is 147 Å². The zero-order valence-electron chi connectivity index (χ0n) is 14.1. The van der Waals surface area contributed by atoms with E-state index < -0.39 is 42.1 Å². The molecule has 0 fully saturated rings. The van der Waals surface area contributed by atoms with Gasteiger partial charge in [0.2, 0.25) is 0 Å². The molecule has 138 valence electrons. The summed E-state index contributed by atoms with van der Waals surface area (Å²) in [5, 5.41) is 2.90. The van der Waals surface area contributed by atoms with Crippen LogP contribution in [-0.4, -0.2) is 32.3 Å². The number of rotatable bonds is 4. The van der Waals surface area contributed by atoms with Crippen LogP contribution < -0.4 is 5.32 Å². The lowest BCUT2D eigenvalue weighted by Crippen LogP contribution is -2.30. The number of methoxy groups -OCH3 is 1. The second kappa shape index (κ2) is 6.86. The minimum absolute atomic E-state index is 0.0113. The zero-order chi connectivity index (χ0) is 19.0. The lowest BCUT2D eigenvalue weighted by Gasteiger charge is -2.29. The van der Waals surface area contributed by atoms with Crippen molar-refractivity contribution in [2.45, 2.75) is 19.0 Å². The fraction of sp³-hybridized carbons (Fsp3) is 0.333. The lowest BCUT2D eigenvalue weighted by molar-refractivity contribution is -0.136. The minimum Gasteiger partial charge on any atom is -0.466 e. The highest BCUT2D eigenvalue weighted by molar-refractivity contribution is 6.01. The van der Waals surface area contributed by atoms with Crippen LogP contribution >= 0.6 is 0 Å². The van der Waals surface area contributed by atoms with Crippen molar-refractivity contribution in [2.75, 3.05) is 20.4 Å². The van der Waals surface area contributed by atoms with Crippen molar-refractivity contribution in [3.8, 4) is 0 Å². The largest absolute Gasteiger partial charge is 0.466 e. The predicted octanol–water partition coefficient (Wildman–Crippen LogP) is 2.75. The van der Waals surface area contributed by atoms with E-state index in [0.717, 1.165) is 13.2 Å². The maximum Gasteiger partial charge on any atom is 0.337 e. The quantitative estimate of drug-likeness (QED) is 0.829. The molecule has 0 saturated carbocycles. The van der Waals surface area contributed by atoms with Gasteiger partial charge in [-0.1, -0.05) is 12.1 Å². The maximum absolute atomic E-state index is 14.3. The molecule has 1 aromatic rings. The molecular formula is C18H16F3NO4. The Hall–Kier alpha value is -2.77. The van der Waals surface area contributed by atoms with Crippen molar-refractivity contribution >= 4 is 11.9 Å². The summed E-state index contributed by atoms with van der Waals surface area (Å²) in [6, 6.07) is 3.67. The second-order valence-corrected chi connectivity index (χ2v) is 5.92. The highest BCUT2D eigenvalue weighted by Crippen LogP contribution is 2.44. The normalized spacial score (nSPS) is 20.5. The number of alkyl halides is 2. The second-order valence-electron chi connectivity index (χ2n) is 5.92. The molecule has 26 heavy (non-hydrogen) atoms. The maximum atomic E-state index is 14.3. The molecule has 0 aliphatic carbocycles. The Morgan fingerprint density at radius 2 is 2.19 bits per heavy atom. The molecule has 0 bridgehead atoms. The third-order valence-electron chi connectivity index (χ3n) is 4.46. The molecule has 2 heterocycles. The summed E-state index contributed by atoms with van der Waals surface area (Å²) in [5.41, 5.74) is 0.308. The number of hydrogen-bond donors (Lipinski definition) is 1. The number of benzene rings is 1. The van der Waals surface area contributed by atoms with Crippen molar-refractivity contribution in [2.24, 2.45) is 0 Å². The van der Waals surface area contributed by atoms with E-state index in [9.17, 15) is 22.8 Å². The smallest absolute Gasteiger partial charge is 0.337 e. The number of hydrogen-bond acceptors (Lipinski definition) is 5. The molecule has 3 rings (SSSR count). The molecule has 0 spiro atoms. The van der Waals surface area contributed by atoms with Crippen LogP contribution in [0.3, 0.4) is 0 Å². The van der Waals surface area contributed by atoms with Crippen molar-refractivity contribution in [3.05, 3.63) is 57.7 Å². The number of nitrogens with one attached hydrogen (secondary N) is 1. The number of esters is 2. The highest BCUT2D eigenvalue weighted by atomic mass is 19.2. The van der Waals surface area contributed by atoms with Gasteiger partial charge in [0.1, 0.15) is 19.1 Å². The molecular weight excluding hydrogens is 351 g/mol. The van der Waals surface area contributed by atoms with Crippen LogP contribution in [0.15, 0.2) is 40.7 Å². The number of cyclic esters (lactones) is 1. The van der Waals surface area contributed by atoms with Gasteiger partial charge in [-0.2, -0.15) is 0 Å². The first-order valence-electron chi connectivity index (χ1n) is 7.85. The Kier molecular flexibility index (Phi) is 4.76. The zero-order valence-corrected chi connectivity index (χ0v) is 14.1. The van der Waals surface area contributed by atoms with Crippen LogP contribution in [0, 0.1) is 5.82 Å². The molecule has 2 aliphatic rings. The van der Waals surface area contributed by atoms with Crippen LogP contribution in [0.25, 0.3) is 0 Å². The number of dihydropyridines is 1.